The summed E-state index contributed by atoms with van der Waals surface area (Å²) >= 11 is 0. The van der Waals surface area contributed by atoms with Crippen molar-refractivity contribution in [2.24, 2.45) is 5.92 Å². The highest BCUT2D eigenvalue weighted by molar-refractivity contribution is 6.00. The molecule has 0 radical (unpaired) electrons. The van der Waals surface area contributed by atoms with Crippen LogP contribution in [0.2, 0.25) is 0 Å². The molecule has 160 valence electrons. The number of carbonyl (C=O) groups is 2. The van der Waals surface area contributed by atoms with E-state index >= 15 is 0 Å². The van der Waals surface area contributed by atoms with Crippen LogP contribution in [0.4, 0.5) is 14.5 Å². The van der Waals surface area contributed by atoms with E-state index in [-0.39, 0.29) is 36.5 Å². The van der Waals surface area contributed by atoms with E-state index in [1.807, 2.05) is 43.3 Å². The Hall–Kier alpha value is -3.00. The number of hydrogen-bond donors (Lipinski definition) is 1. The van der Waals surface area contributed by atoms with Crippen molar-refractivity contribution in [2.45, 2.75) is 12.5 Å². The molecule has 1 saturated heterocycles. The highest BCUT2D eigenvalue weighted by atomic mass is 19.1. The average Bonchev–Trinajstić information content (AvgIpc) is 3.09. The lowest BCUT2D eigenvalue weighted by molar-refractivity contribution is -0.126. The quantitative estimate of drug-likeness (QED) is 0.753. The third-order valence-electron chi connectivity index (χ3n) is 5.27. The monoisotopic (exact) mass is 417 g/mol. The number of likely N-dealkylation sites (N-methyl/N-ethyl adjacent to an activating group) is 1. The number of halogens is 2. The van der Waals surface area contributed by atoms with Gasteiger partial charge in [-0.2, -0.15) is 0 Å². The number of hydrogen-bond acceptors (Lipinski definition) is 4. The summed E-state index contributed by atoms with van der Waals surface area (Å²) < 4.78 is 32.5. The Morgan fingerprint density at radius 2 is 2.03 bits per heavy atom. The SMILES string of the molecule is COc1cccc(C(CNC(=O)C2CC(=O)N(c3ccc(F)cc3F)C2)N(C)C)c1. The van der Waals surface area contributed by atoms with E-state index in [1.54, 1.807) is 7.11 Å². The van der Waals surface area contributed by atoms with Gasteiger partial charge in [0.05, 0.1) is 24.8 Å². The highest BCUT2D eigenvalue weighted by Gasteiger charge is 2.36. The van der Waals surface area contributed by atoms with E-state index in [9.17, 15) is 18.4 Å². The topological polar surface area (TPSA) is 61.9 Å². The second-order valence-electron chi connectivity index (χ2n) is 7.50. The summed E-state index contributed by atoms with van der Waals surface area (Å²) in [6, 6.07) is 10.5. The molecule has 2 aromatic carbocycles. The second-order valence-corrected chi connectivity index (χ2v) is 7.50. The molecule has 0 spiro atoms. The van der Waals surface area contributed by atoms with Gasteiger partial charge in [0.15, 0.2) is 0 Å². The van der Waals surface area contributed by atoms with E-state index in [2.05, 4.69) is 5.32 Å². The van der Waals surface area contributed by atoms with Crippen LogP contribution < -0.4 is 15.0 Å². The van der Waals surface area contributed by atoms with Crippen molar-refractivity contribution < 1.29 is 23.1 Å². The van der Waals surface area contributed by atoms with Crippen LogP contribution in [0.1, 0.15) is 18.0 Å². The first-order chi connectivity index (χ1) is 14.3. The third kappa shape index (κ3) is 4.76. The lowest BCUT2D eigenvalue weighted by Gasteiger charge is -2.26. The van der Waals surface area contributed by atoms with Gasteiger partial charge in [-0.3, -0.25) is 9.59 Å². The summed E-state index contributed by atoms with van der Waals surface area (Å²) in [5.74, 6) is -2.06. The summed E-state index contributed by atoms with van der Waals surface area (Å²) in [6.45, 7) is 0.396. The van der Waals surface area contributed by atoms with Gasteiger partial charge < -0.3 is 19.9 Å². The van der Waals surface area contributed by atoms with Gasteiger partial charge in [-0.25, -0.2) is 8.78 Å². The fraction of sp³-hybridized carbons (Fsp3) is 0.364. The Kier molecular flexibility index (Phi) is 6.66. The van der Waals surface area contributed by atoms with Crippen LogP contribution in [-0.4, -0.2) is 51.0 Å². The molecule has 1 aliphatic heterocycles. The van der Waals surface area contributed by atoms with Gasteiger partial charge in [0.25, 0.3) is 0 Å². The van der Waals surface area contributed by atoms with E-state index in [0.29, 0.717) is 6.54 Å². The Morgan fingerprint density at radius 3 is 2.70 bits per heavy atom. The summed E-state index contributed by atoms with van der Waals surface area (Å²) in [6.07, 6.45) is -0.0194. The number of nitrogens with one attached hydrogen (secondary N) is 1. The summed E-state index contributed by atoms with van der Waals surface area (Å²) in [5.41, 5.74) is 0.969. The minimum atomic E-state index is -0.824. The molecule has 1 N–H and O–H groups in total. The lowest BCUT2D eigenvalue weighted by atomic mass is 10.0. The highest BCUT2D eigenvalue weighted by Crippen LogP contribution is 2.28. The van der Waals surface area contributed by atoms with Gasteiger partial charge in [-0.1, -0.05) is 12.1 Å². The number of anilines is 1. The van der Waals surface area contributed by atoms with Crippen molar-refractivity contribution in [2.75, 3.05) is 39.2 Å². The van der Waals surface area contributed by atoms with E-state index in [1.165, 1.54) is 11.0 Å². The Labute approximate surface area is 174 Å². The van der Waals surface area contributed by atoms with Crippen molar-refractivity contribution in [1.82, 2.24) is 10.2 Å². The molecular weight excluding hydrogens is 392 g/mol. The molecule has 1 heterocycles. The number of carbonyl (C=O) groups excluding carboxylic acids is 2. The maximum absolute atomic E-state index is 14.0. The first-order valence-electron chi connectivity index (χ1n) is 9.63. The number of amides is 2. The summed E-state index contributed by atoms with van der Waals surface area (Å²) in [5, 5.41) is 2.90. The van der Waals surface area contributed by atoms with Crippen molar-refractivity contribution >= 4 is 17.5 Å². The minimum Gasteiger partial charge on any atom is -0.497 e. The van der Waals surface area contributed by atoms with Crippen molar-refractivity contribution in [1.29, 1.82) is 0 Å². The number of nitrogens with zero attached hydrogens (tertiary/aromatic N) is 2. The molecule has 30 heavy (non-hydrogen) atoms. The van der Waals surface area contributed by atoms with Crippen molar-refractivity contribution in [3.05, 3.63) is 59.7 Å². The molecule has 0 aromatic heterocycles. The van der Waals surface area contributed by atoms with Gasteiger partial charge >= 0.3 is 0 Å². The van der Waals surface area contributed by atoms with E-state index in [0.717, 1.165) is 23.4 Å². The van der Waals surface area contributed by atoms with E-state index < -0.39 is 17.6 Å². The molecule has 1 fully saturated rings. The molecule has 2 aromatic rings. The smallest absolute Gasteiger partial charge is 0.227 e. The molecular formula is C22H25F2N3O3. The predicted octanol–water partition coefficient (Wildman–Crippen LogP) is 2.75. The zero-order chi connectivity index (χ0) is 21.8. The standard InChI is InChI=1S/C22H25F2N3O3/c1-26(2)20(14-5-4-6-17(9-14)30-3)12-25-22(29)15-10-21(28)27(13-15)19-8-7-16(23)11-18(19)24/h4-9,11,15,20H,10,12-13H2,1-3H3,(H,25,29). The Morgan fingerprint density at radius 1 is 1.27 bits per heavy atom. The molecule has 8 heteroatoms. The molecule has 2 unspecified atom stereocenters. The van der Waals surface area contributed by atoms with Gasteiger partial charge in [0.1, 0.15) is 17.4 Å². The maximum atomic E-state index is 14.0. The van der Waals surface area contributed by atoms with Crippen LogP contribution in [0.3, 0.4) is 0 Å². The third-order valence-corrected chi connectivity index (χ3v) is 5.27. The van der Waals surface area contributed by atoms with Crippen molar-refractivity contribution in [3.8, 4) is 5.75 Å². The minimum absolute atomic E-state index is 0.0146. The number of ether oxygens (including phenoxy) is 1. The molecule has 0 bridgehead atoms. The zero-order valence-electron chi connectivity index (χ0n) is 17.2. The van der Waals surface area contributed by atoms with Crippen LogP contribution in [-0.2, 0) is 9.59 Å². The van der Waals surface area contributed by atoms with Gasteiger partial charge in [0.2, 0.25) is 11.8 Å². The van der Waals surface area contributed by atoms with Crippen LogP contribution in [0.25, 0.3) is 0 Å². The molecule has 2 atom stereocenters. The number of rotatable bonds is 7. The number of methoxy groups -OCH3 is 1. The van der Waals surface area contributed by atoms with Crippen LogP contribution in [0, 0.1) is 17.6 Å². The zero-order valence-corrected chi connectivity index (χ0v) is 17.2. The molecule has 0 saturated carbocycles. The normalized spacial score (nSPS) is 17.3. The largest absolute Gasteiger partial charge is 0.497 e. The Bertz CT molecular complexity index is 936. The molecule has 1 aliphatic rings. The molecule has 3 rings (SSSR count). The first kappa shape index (κ1) is 21.7. The lowest BCUT2D eigenvalue weighted by Crippen LogP contribution is -2.38. The maximum Gasteiger partial charge on any atom is 0.227 e. The van der Waals surface area contributed by atoms with Crippen LogP contribution in [0.5, 0.6) is 5.75 Å². The fourth-order valence-corrected chi connectivity index (χ4v) is 3.61. The molecule has 6 nitrogen and oxygen atoms in total. The van der Waals surface area contributed by atoms with Gasteiger partial charge in [-0.15, -0.1) is 0 Å². The van der Waals surface area contributed by atoms with E-state index in [4.69, 9.17) is 4.74 Å². The summed E-state index contributed by atoms with van der Waals surface area (Å²) in [7, 11) is 5.42. The summed E-state index contributed by atoms with van der Waals surface area (Å²) in [4.78, 5) is 28.2. The van der Waals surface area contributed by atoms with Crippen LogP contribution >= 0.6 is 0 Å². The van der Waals surface area contributed by atoms with Gasteiger partial charge in [0, 0.05) is 25.6 Å². The molecule has 0 aliphatic carbocycles. The van der Waals surface area contributed by atoms with Gasteiger partial charge in [-0.05, 0) is 43.9 Å². The van der Waals surface area contributed by atoms with Crippen LogP contribution in [0.15, 0.2) is 42.5 Å². The molecule has 2 amide bonds. The second kappa shape index (κ2) is 9.21. The fourth-order valence-electron chi connectivity index (χ4n) is 3.61. The number of benzene rings is 2. The first-order valence-corrected chi connectivity index (χ1v) is 9.63. The average molecular weight is 417 g/mol. The predicted molar refractivity (Wildman–Crippen MR) is 109 cm³/mol. The van der Waals surface area contributed by atoms with Crippen molar-refractivity contribution in [3.63, 3.8) is 0 Å². The Balaban J connectivity index is 1.66.